The first-order valence-corrected chi connectivity index (χ1v) is 5.63. The normalized spacial score (nSPS) is 11.1. The van der Waals surface area contributed by atoms with Crippen LogP contribution in [0.4, 0.5) is 0 Å². The van der Waals surface area contributed by atoms with E-state index >= 15 is 0 Å². The molecule has 2 aromatic carbocycles. The van der Waals surface area contributed by atoms with Crippen molar-refractivity contribution < 1.29 is 25.9 Å². The molecule has 0 saturated carbocycles. The van der Waals surface area contributed by atoms with Crippen LogP contribution in [0, 0.1) is 6.92 Å². The third-order valence-electron chi connectivity index (χ3n) is 2.25. The zero-order valence-electron chi connectivity index (χ0n) is 9.41. The summed E-state index contributed by atoms with van der Waals surface area (Å²) in [5.41, 5.74) is 3.49. The van der Waals surface area contributed by atoms with Gasteiger partial charge in [0.05, 0.1) is 0 Å². The third kappa shape index (κ3) is 2.50. The Bertz CT molecular complexity index is 471. The summed E-state index contributed by atoms with van der Waals surface area (Å²) in [6.07, 6.45) is 0. The molecular formula is C13H12IO-. The fourth-order valence-electron chi connectivity index (χ4n) is 1.59. The Kier molecular flexibility index (Phi) is 2.86. The van der Waals surface area contributed by atoms with E-state index in [4.69, 9.17) is 3.66 Å². The molecule has 2 rings (SSSR count). The molecule has 15 heavy (non-hydrogen) atoms. The van der Waals surface area contributed by atoms with Crippen LogP contribution in [0.3, 0.4) is 0 Å². The maximum atomic E-state index is 7.17. The third-order valence-corrected chi connectivity index (χ3v) is 2.76. The van der Waals surface area contributed by atoms with Crippen LogP contribution in [0.1, 0.15) is 5.56 Å². The maximum absolute atomic E-state index is 7.17. The van der Waals surface area contributed by atoms with Crippen molar-refractivity contribution >= 4 is 0 Å². The summed E-state index contributed by atoms with van der Waals surface area (Å²) in [7, 11) is 0. The van der Waals surface area contributed by atoms with Crippen LogP contribution < -0.4 is 25.9 Å². The van der Waals surface area contributed by atoms with Crippen LogP contribution in [-0.2, 0) is 0 Å². The molecule has 0 amide bonds. The van der Waals surface area contributed by atoms with Gasteiger partial charge in [-0.25, -0.2) is 0 Å². The first-order chi connectivity index (χ1) is 7.79. The van der Waals surface area contributed by atoms with E-state index < -0.39 is 22.8 Å². The van der Waals surface area contributed by atoms with Crippen molar-refractivity contribution in [3.63, 3.8) is 0 Å². The Hall–Kier alpha value is -1.03. The predicted molar refractivity (Wildman–Crippen MR) is 58.6 cm³/mol. The molecule has 0 saturated heterocycles. The van der Waals surface area contributed by atoms with E-state index in [2.05, 4.69) is 18.2 Å². The van der Waals surface area contributed by atoms with Gasteiger partial charge in [0.15, 0.2) is 0 Å². The summed E-state index contributed by atoms with van der Waals surface area (Å²) in [5, 5.41) is 0. The van der Waals surface area contributed by atoms with Crippen LogP contribution >= 0.6 is 0 Å². The molecule has 0 aliphatic rings. The zero-order valence-corrected chi connectivity index (χ0v) is 10.6. The summed E-state index contributed by atoms with van der Waals surface area (Å²) >= 11 is -0.917. The molecule has 1 nitrogen and oxygen atoms in total. The van der Waals surface area contributed by atoms with Gasteiger partial charge in [-0.05, 0) is 0 Å². The van der Waals surface area contributed by atoms with E-state index in [0.717, 1.165) is 16.9 Å². The van der Waals surface area contributed by atoms with Gasteiger partial charge in [0.2, 0.25) is 0 Å². The minimum atomic E-state index is -0.917. The second-order valence-corrected chi connectivity index (χ2v) is 3.92. The molecule has 0 unspecified atom stereocenters. The molecule has 0 atom stereocenters. The van der Waals surface area contributed by atoms with Crippen LogP contribution in [0.2, 0.25) is 0 Å². The molecule has 0 N–H and O–H groups in total. The Balaban J connectivity index is 2.41. The molecule has 0 fully saturated rings. The molecule has 2 aromatic rings. The molecule has 0 aromatic heterocycles. The fraction of sp³-hybridized carbons (Fsp3) is 0.0769. The van der Waals surface area contributed by atoms with Crippen molar-refractivity contribution in [3.05, 3.63) is 54.1 Å². The predicted octanol–water partition coefficient (Wildman–Crippen LogP) is 0.241. The quantitative estimate of drug-likeness (QED) is 0.738. The summed E-state index contributed by atoms with van der Waals surface area (Å²) in [4.78, 5) is 0. The summed E-state index contributed by atoms with van der Waals surface area (Å²) in [6, 6.07) is 16.3. The summed E-state index contributed by atoms with van der Waals surface area (Å²) in [6.45, 7) is 2.04. The monoisotopic (exact) mass is 313 g/mol. The molecule has 0 aliphatic carbocycles. The number of hydrogen-bond acceptors (Lipinski definition) is 1. The molecule has 2 heteroatoms. The first kappa shape index (κ1) is 9.21. The van der Waals surface area contributed by atoms with Crippen LogP contribution in [0.25, 0.3) is 11.1 Å². The average Bonchev–Trinajstić information content (AvgIpc) is 2.30. The van der Waals surface area contributed by atoms with Gasteiger partial charge in [-0.3, -0.25) is 0 Å². The molecule has 0 aliphatic heterocycles. The molecule has 0 spiro atoms. The van der Waals surface area contributed by atoms with Gasteiger partial charge in [0.25, 0.3) is 0 Å². The SMILES string of the molecule is [3H][I-]Oc1cc(C)cc(-c2ccccc2)c1. The van der Waals surface area contributed by atoms with E-state index in [1.807, 2.05) is 37.3 Å². The van der Waals surface area contributed by atoms with Gasteiger partial charge in [0.1, 0.15) is 0 Å². The number of halogens is 1. The first-order valence-electron chi connectivity index (χ1n) is 5.13. The number of rotatable bonds is 3. The van der Waals surface area contributed by atoms with Crippen LogP contribution in [0.15, 0.2) is 48.5 Å². The van der Waals surface area contributed by atoms with Gasteiger partial charge in [0, 0.05) is 0 Å². The van der Waals surface area contributed by atoms with Crippen molar-refractivity contribution in [2.45, 2.75) is 6.92 Å². The Morgan fingerprint density at radius 1 is 1.07 bits per heavy atom. The molecule has 0 bridgehead atoms. The summed E-state index contributed by atoms with van der Waals surface area (Å²) in [5.74, 6) is 0.807. The molecule has 0 radical (unpaired) electrons. The van der Waals surface area contributed by atoms with Crippen molar-refractivity contribution in [2.24, 2.45) is 0 Å². The average molecular weight is 313 g/mol. The van der Waals surface area contributed by atoms with Gasteiger partial charge in [-0.15, -0.1) is 0 Å². The number of aryl methyl sites for hydroxylation is 1. The van der Waals surface area contributed by atoms with Gasteiger partial charge in [-0.1, -0.05) is 0 Å². The minimum absolute atomic E-state index is 0.807. The van der Waals surface area contributed by atoms with Gasteiger partial charge in [-0.2, -0.15) is 0 Å². The van der Waals surface area contributed by atoms with E-state index in [1.54, 1.807) is 0 Å². The van der Waals surface area contributed by atoms with Crippen molar-refractivity contribution in [2.75, 3.05) is 0 Å². The van der Waals surface area contributed by atoms with Crippen molar-refractivity contribution in [1.82, 2.24) is 0 Å². The molecule has 0 heterocycles. The zero-order chi connectivity index (χ0) is 11.4. The van der Waals surface area contributed by atoms with Gasteiger partial charge >= 0.3 is 104 Å². The number of hydrogen-bond donors (Lipinski definition) is 0. The Morgan fingerprint density at radius 3 is 2.60 bits per heavy atom. The summed E-state index contributed by atoms with van der Waals surface area (Å²) < 4.78 is 12.5. The van der Waals surface area contributed by atoms with E-state index in [9.17, 15) is 0 Å². The topological polar surface area (TPSA) is 9.23 Å². The van der Waals surface area contributed by atoms with Crippen molar-refractivity contribution in [3.8, 4) is 16.9 Å². The fourth-order valence-corrected chi connectivity index (χ4v) is 1.84. The second kappa shape index (κ2) is 4.66. The van der Waals surface area contributed by atoms with E-state index in [1.165, 1.54) is 5.56 Å². The van der Waals surface area contributed by atoms with E-state index in [-0.39, 0.29) is 0 Å². The Morgan fingerprint density at radius 2 is 1.87 bits per heavy atom. The molecule has 78 valence electrons. The van der Waals surface area contributed by atoms with Crippen LogP contribution in [-0.4, -0.2) is 0.594 Å². The molecular weight excluding hydrogens is 299 g/mol. The van der Waals surface area contributed by atoms with Crippen molar-refractivity contribution in [1.29, 1.82) is 0.594 Å². The Labute approximate surface area is 104 Å². The van der Waals surface area contributed by atoms with E-state index in [0.29, 0.717) is 0 Å². The van der Waals surface area contributed by atoms with Crippen LogP contribution in [0.5, 0.6) is 5.75 Å². The standard InChI is InChI=1S/C13H12IO/c1-10-7-12(9-13(8-10)15-14)11-5-3-2-4-6-11/h2-9,14H,1H3/q-1/i14T. The second-order valence-electron chi connectivity index (χ2n) is 3.48. The van der Waals surface area contributed by atoms with Gasteiger partial charge < -0.3 is 0 Å². The number of benzene rings is 2.